The molecule has 2 amide bonds. The zero-order valence-electron chi connectivity index (χ0n) is 13.3. The number of piperidine rings is 1. The molecule has 2 heterocycles. The maximum Gasteiger partial charge on any atom is 0.235 e. The fraction of sp³-hybridized carbons (Fsp3) is 0.588. The molecule has 0 unspecified atom stereocenters. The van der Waals surface area contributed by atoms with E-state index in [1.165, 1.54) is 5.69 Å². The van der Waals surface area contributed by atoms with Crippen molar-refractivity contribution in [3.63, 3.8) is 0 Å². The van der Waals surface area contributed by atoms with E-state index < -0.39 is 11.3 Å². The summed E-state index contributed by atoms with van der Waals surface area (Å²) >= 11 is 0. The highest BCUT2D eigenvalue weighted by Gasteiger charge is 2.49. The van der Waals surface area contributed by atoms with E-state index in [1.807, 2.05) is 24.5 Å². The van der Waals surface area contributed by atoms with E-state index in [-0.39, 0.29) is 5.91 Å². The number of hydrogen-bond acceptors (Lipinski definition) is 4. The second-order valence-corrected chi connectivity index (χ2v) is 6.65. The predicted molar refractivity (Wildman–Crippen MR) is 87.7 cm³/mol. The average Bonchev–Trinajstić information content (AvgIpc) is 2.53. The number of nitrogens with one attached hydrogen (secondary N) is 1. The lowest BCUT2D eigenvalue weighted by atomic mass is 9.67. The summed E-state index contributed by atoms with van der Waals surface area (Å²) in [5.74, 6) is -0.191. The molecular weight excluding hydrogens is 292 g/mol. The smallest absolute Gasteiger partial charge is 0.235 e. The van der Waals surface area contributed by atoms with E-state index in [0.717, 1.165) is 32.4 Å². The molecule has 2 aliphatic rings. The van der Waals surface area contributed by atoms with Gasteiger partial charge in [-0.2, -0.15) is 0 Å². The Kier molecular flexibility index (Phi) is 4.50. The molecule has 1 saturated carbocycles. The average molecular weight is 316 g/mol. The molecule has 1 saturated heterocycles. The molecule has 6 heteroatoms. The number of carbonyl (C=O) groups is 2. The molecule has 0 aromatic carbocycles. The van der Waals surface area contributed by atoms with Crippen LogP contribution >= 0.6 is 0 Å². The van der Waals surface area contributed by atoms with Gasteiger partial charge in [-0.1, -0.05) is 6.42 Å². The third kappa shape index (κ3) is 3.16. The molecule has 1 aliphatic heterocycles. The Hall–Kier alpha value is -2.11. The molecule has 0 radical (unpaired) electrons. The Morgan fingerprint density at radius 2 is 1.91 bits per heavy atom. The molecule has 6 nitrogen and oxygen atoms in total. The van der Waals surface area contributed by atoms with Gasteiger partial charge >= 0.3 is 0 Å². The van der Waals surface area contributed by atoms with Gasteiger partial charge < -0.3 is 16.0 Å². The molecule has 1 aromatic rings. The summed E-state index contributed by atoms with van der Waals surface area (Å²) in [6.07, 6.45) is 7.77. The SMILES string of the molecule is NC(=O)C1(C(=O)NCC2CCN(c3ccncc3)CC2)CCC1. The number of nitrogens with zero attached hydrogens (tertiary/aromatic N) is 2. The number of amides is 2. The predicted octanol–water partition coefficient (Wildman–Crippen LogP) is 1.07. The van der Waals surface area contributed by atoms with Crippen molar-refractivity contribution in [2.75, 3.05) is 24.5 Å². The van der Waals surface area contributed by atoms with Crippen molar-refractivity contribution in [3.05, 3.63) is 24.5 Å². The van der Waals surface area contributed by atoms with Crippen LogP contribution < -0.4 is 16.0 Å². The van der Waals surface area contributed by atoms with Crippen LogP contribution in [-0.4, -0.2) is 36.4 Å². The minimum absolute atomic E-state index is 0.173. The lowest BCUT2D eigenvalue weighted by Gasteiger charge is -2.38. The minimum atomic E-state index is -0.933. The molecule has 0 atom stereocenters. The Morgan fingerprint density at radius 1 is 1.26 bits per heavy atom. The number of carbonyl (C=O) groups excluding carboxylic acids is 2. The van der Waals surface area contributed by atoms with Crippen molar-refractivity contribution >= 4 is 17.5 Å². The van der Waals surface area contributed by atoms with Crippen molar-refractivity contribution in [1.29, 1.82) is 0 Å². The summed E-state index contributed by atoms with van der Waals surface area (Å²) < 4.78 is 0. The number of pyridine rings is 1. The first-order valence-electron chi connectivity index (χ1n) is 8.35. The summed E-state index contributed by atoms with van der Waals surface area (Å²) in [6, 6.07) is 4.05. The Morgan fingerprint density at radius 3 is 2.43 bits per heavy atom. The number of hydrogen-bond donors (Lipinski definition) is 2. The van der Waals surface area contributed by atoms with Crippen LogP contribution in [0.2, 0.25) is 0 Å². The van der Waals surface area contributed by atoms with Gasteiger partial charge in [-0.3, -0.25) is 14.6 Å². The monoisotopic (exact) mass is 316 g/mol. The zero-order valence-corrected chi connectivity index (χ0v) is 13.3. The van der Waals surface area contributed by atoms with Gasteiger partial charge in [0.05, 0.1) is 0 Å². The van der Waals surface area contributed by atoms with Crippen LogP contribution in [0.1, 0.15) is 32.1 Å². The van der Waals surface area contributed by atoms with Gasteiger partial charge in [-0.05, 0) is 43.7 Å². The summed E-state index contributed by atoms with van der Waals surface area (Å²) in [4.78, 5) is 30.2. The number of nitrogens with two attached hydrogens (primary N) is 1. The molecule has 1 aromatic heterocycles. The minimum Gasteiger partial charge on any atom is -0.371 e. The molecule has 0 spiro atoms. The van der Waals surface area contributed by atoms with Gasteiger partial charge in [0.1, 0.15) is 5.41 Å². The van der Waals surface area contributed by atoms with Crippen molar-refractivity contribution in [2.45, 2.75) is 32.1 Å². The van der Waals surface area contributed by atoms with Crippen molar-refractivity contribution in [3.8, 4) is 0 Å². The highest BCUT2D eigenvalue weighted by molar-refractivity contribution is 6.05. The normalized spacial score (nSPS) is 20.6. The van der Waals surface area contributed by atoms with Crippen LogP contribution in [0.4, 0.5) is 5.69 Å². The van der Waals surface area contributed by atoms with Crippen LogP contribution in [0.25, 0.3) is 0 Å². The second-order valence-electron chi connectivity index (χ2n) is 6.65. The summed E-state index contributed by atoms with van der Waals surface area (Å²) in [6.45, 7) is 2.59. The van der Waals surface area contributed by atoms with Gasteiger partial charge in [0.25, 0.3) is 0 Å². The summed E-state index contributed by atoms with van der Waals surface area (Å²) in [7, 11) is 0. The largest absolute Gasteiger partial charge is 0.371 e. The van der Waals surface area contributed by atoms with Gasteiger partial charge in [-0.15, -0.1) is 0 Å². The lowest BCUT2D eigenvalue weighted by Crippen LogP contribution is -2.54. The molecule has 1 aliphatic carbocycles. The van der Waals surface area contributed by atoms with E-state index >= 15 is 0 Å². The van der Waals surface area contributed by atoms with Crippen LogP contribution in [0.5, 0.6) is 0 Å². The third-order valence-corrected chi connectivity index (χ3v) is 5.31. The van der Waals surface area contributed by atoms with Crippen molar-refractivity contribution in [1.82, 2.24) is 10.3 Å². The fourth-order valence-electron chi connectivity index (χ4n) is 3.47. The highest BCUT2D eigenvalue weighted by atomic mass is 16.2. The van der Waals surface area contributed by atoms with Crippen molar-refractivity contribution < 1.29 is 9.59 Å². The Bertz CT molecular complexity index is 563. The molecule has 23 heavy (non-hydrogen) atoms. The second kappa shape index (κ2) is 6.56. The van der Waals surface area contributed by atoms with E-state index in [9.17, 15) is 9.59 Å². The first-order valence-corrected chi connectivity index (χ1v) is 8.35. The number of anilines is 1. The maximum absolute atomic E-state index is 12.3. The standard InChI is InChI=1S/C17H24N4O2/c18-15(22)17(6-1-7-17)16(23)20-12-13-4-10-21(11-5-13)14-2-8-19-9-3-14/h2-3,8-9,13H,1,4-7,10-12H2,(H2,18,22)(H,20,23). The Balaban J connectivity index is 1.46. The Labute approximate surface area is 136 Å². The van der Waals surface area contributed by atoms with Crippen LogP contribution in [-0.2, 0) is 9.59 Å². The summed E-state index contributed by atoms with van der Waals surface area (Å²) in [5, 5.41) is 2.96. The molecule has 2 fully saturated rings. The molecular formula is C17H24N4O2. The molecule has 0 bridgehead atoms. The maximum atomic E-state index is 12.3. The topological polar surface area (TPSA) is 88.3 Å². The number of rotatable bonds is 5. The van der Waals surface area contributed by atoms with Gasteiger partial charge in [-0.25, -0.2) is 0 Å². The third-order valence-electron chi connectivity index (χ3n) is 5.31. The highest BCUT2D eigenvalue weighted by Crippen LogP contribution is 2.40. The van der Waals surface area contributed by atoms with E-state index in [1.54, 1.807) is 0 Å². The molecule has 3 rings (SSSR count). The molecule has 3 N–H and O–H groups in total. The van der Waals surface area contributed by atoms with Crippen molar-refractivity contribution in [2.24, 2.45) is 17.1 Å². The van der Waals surface area contributed by atoms with Crippen LogP contribution in [0.15, 0.2) is 24.5 Å². The van der Waals surface area contributed by atoms with Gasteiger partial charge in [0.2, 0.25) is 11.8 Å². The van der Waals surface area contributed by atoms with Gasteiger partial charge in [0, 0.05) is 37.7 Å². The summed E-state index contributed by atoms with van der Waals surface area (Å²) in [5.41, 5.74) is 5.68. The quantitative estimate of drug-likeness (QED) is 0.795. The zero-order chi connectivity index (χ0) is 16.3. The first-order chi connectivity index (χ1) is 11.1. The fourth-order valence-corrected chi connectivity index (χ4v) is 3.47. The lowest BCUT2D eigenvalue weighted by molar-refractivity contribution is -0.147. The van der Waals surface area contributed by atoms with E-state index in [0.29, 0.717) is 25.3 Å². The van der Waals surface area contributed by atoms with Crippen LogP contribution in [0.3, 0.4) is 0 Å². The number of aromatic nitrogens is 1. The number of primary amides is 1. The van der Waals surface area contributed by atoms with E-state index in [4.69, 9.17) is 5.73 Å². The van der Waals surface area contributed by atoms with Crippen LogP contribution in [0, 0.1) is 11.3 Å². The van der Waals surface area contributed by atoms with E-state index in [2.05, 4.69) is 15.2 Å². The van der Waals surface area contributed by atoms with Gasteiger partial charge in [0.15, 0.2) is 0 Å². The first kappa shape index (κ1) is 15.8. The molecule has 124 valence electrons.